The predicted octanol–water partition coefficient (Wildman–Crippen LogP) is 3.43. The van der Waals surface area contributed by atoms with Gasteiger partial charge in [-0.05, 0) is 37.6 Å². The molecule has 1 heterocycles. The molecule has 5 nitrogen and oxygen atoms in total. The Morgan fingerprint density at radius 2 is 1.83 bits per heavy atom. The molecule has 0 fully saturated rings. The third kappa shape index (κ3) is 4.69. The van der Waals surface area contributed by atoms with Gasteiger partial charge in [-0.15, -0.1) is 0 Å². The van der Waals surface area contributed by atoms with Crippen LogP contribution in [0.4, 0.5) is 11.5 Å². The van der Waals surface area contributed by atoms with Crippen molar-refractivity contribution in [2.45, 2.75) is 31.6 Å². The van der Waals surface area contributed by atoms with E-state index < -0.39 is 10.0 Å². The van der Waals surface area contributed by atoms with Crippen LogP contribution < -0.4 is 9.62 Å². The van der Waals surface area contributed by atoms with Crippen molar-refractivity contribution in [3.05, 3.63) is 48.2 Å². The van der Waals surface area contributed by atoms with Gasteiger partial charge in [0.25, 0.3) is 10.0 Å². The van der Waals surface area contributed by atoms with Gasteiger partial charge in [-0.25, -0.2) is 13.4 Å². The summed E-state index contributed by atoms with van der Waals surface area (Å²) in [6.45, 7) is 4.99. The summed E-state index contributed by atoms with van der Waals surface area (Å²) in [6, 6.07) is 10.3. The molecule has 0 amide bonds. The molecule has 0 radical (unpaired) electrons. The monoisotopic (exact) mass is 333 g/mol. The van der Waals surface area contributed by atoms with Crippen LogP contribution in [0, 0.1) is 6.92 Å². The van der Waals surface area contributed by atoms with E-state index in [-0.39, 0.29) is 4.90 Å². The zero-order valence-corrected chi connectivity index (χ0v) is 14.6. The largest absolute Gasteiger partial charge is 0.360 e. The molecule has 0 aliphatic carbocycles. The highest BCUT2D eigenvalue weighted by Crippen LogP contribution is 2.18. The lowest BCUT2D eigenvalue weighted by molar-refractivity contribution is 0.601. The van der Waals surface area contributed by atoms with E-state index >= 15 is 0 Å². The number of hydrogen-bond acceptors (Lipinski definition) is 4. The molecule has 0 aliphatic rings. The predicted molar refractivity (Wildman–Crippen MR) is 94.4 cm³/mol. The van der Waals surface area contributed by atoms with E-state index in [1.807, 2.05) is 20.0 Å². The fraction of sp³-hybridized carbons (Fsp3) is 0.353. The maximum Gasteiger partial charge on any atom is 0.261 e. The van der Waals surface area contributed by atoms with Crippen molar-refractivity contribution in [3.63, 3.8) is 0 Å². The lowest BCUT2D eigenvalue weighted by atomic mass is 10.2. The van der Waals surface area contributed by atoms with E-state index in [2.05, 4.69) is 21.5 Å². The van der Waals surface area contributed by atoms with Gasteiger partial charge in [-0.1, -0.05) is 31.0 Å². The summed E-state index contributed by atoms with van der Waals surface area (Å²) in [4.78, 5) is 6.62. The zero-order valence-electron chi connectivity index (χ0n) is 13.8. The molecule has 0 aliphatic heterocycles. The Balaban J connectivity index is 2.09. The molecule has 0 unspecified atom stereocenters. The quantitative estimate of drug-likeness (QED) is 0.843. The van der Waals surface area contributed by atoms with Gasteiger partial charge < -0.3 is 4.90 Å². The number of nitrogens with zero attached hydrogens (tertiary/aromatic N) is 2. The number of anilines is 2. The molecule has 0 bridgehead atoms. The first-order chi connectivity index (χ1) is 10.9. The fourth-order valence-electron chi connectivity index (χ4n) is 2.11. The van der Waals surface area contributed by atoms with Crippen molar-refractivity contribution in [1.29, 1.82) is 0 Å². The van der Waals surface area contributed by atoms with Crippen molar-refractivity contribution in [2.24, 2.45) is 0 Å². The highest BCUT2D eigenvalue weighted by Gasteiger charge is 2.14. The van der Waals surface area contributed by atoms with Crippen molar-refractivity contribution in [2.75, 3.05) is 23.2 Å². The first-order valence-electron chi connectivity index (χ1n) is 7.69. The number of nitrogens with one attached hydrogen (secondary N) is 1. The maximum absolute atomic E-state index is 12.3. The second kappa shape index (κ2) is 7.46. The first-order valence-corrected chi connectivity index (χ1v) is 9.17. The minimum atomic E-state index is -3.58. The van der Waals surface area contributed by atoms with E-state index in [0.717, 1.165) is 30.8 Å². The van der Waals surface area contributed by atoms with Gasteiger partial charge >= 0.3 is 0 Å². The van der Waals surface area contributed by atoms with E-state index in [9.17, 15) is 8.42 Å². The highest BCUT2D eigenvalue weighted by molar-refractivity contribution is 7.92. The molecular weight excluding hydrogens is 310 g/mol. The van der Waals surface area contributed by atoms with Crippen molar-refractivity contribution < 1.29 is 8.42 Å². The maximum atomic E-state index is 12.3. The number of aryl methyl sites for hydroxylation is 1. The molecule has 0 saturated carbocycles. The van der Waals surface area contributed by atoms with Gasteiger partial charge in [-0.3, -0.25) is 4.72 Å². The van der Waals surface area contributed by atoms with Crippen LogP contribution in [0.25, 0.3) is 0 Å². The number of benzene rings is 1. The van der Waals surface area contributed by atoms with Gasteiger partial charge in [0.1, 0.15) is 5.82 Å². The zero-order chi connectivity index (χ0) is 16.9. The number of unbranched alkanes of at least 4 members (excludes halogenated alkanes) is 1. The SMILES string of the molecule is CCCCN(C)c1ccc(NS(=O)(=O)c2ccc(C)cc2)cn1. The van der Waals surface area contributed by atoms with Crippen molar-refractivity contribution in [1.82, 2.24) is 4.98 Å². The molecule has 0 atom stereocenters. The van der Waals surface area contributed by atoms with E-state index in [1.165, 1.54) is 0 Å². The van der Waals surface area contributed by atoms with E-state index in [0.29, 0.717) is 5.69 Å². The molecule has 124 valence electrons. The van der Waals surface area contributed by atoms with Crippen LogP contribution >= 0.6 is 0 Å². The molecule has 6 heteroatoms. The van der Waals surface area contributed by atoms with E-state index in [4.69, 9.17) is 0 Å². The van der Waals surface area contributed by atoms with Crippen molar-refractivity contribution in [3.8, 4) is 0 Å². The third-order valence-corrected chi connectivity index (χ3v) is 4.97. The summed E-state index contributed by atoms with van der Waals surface area (Å²) in [6.07, 6.45) is 3.77. The Morgan fingerprint density at radius 1 is 1.13 bits per heavy atom. The Bertz CT molecular complexity index is 725. The highest BCUT2D eigenvalue weighted by atomic mass is 32.2. The Morgan fingerprint density at radius 3 is 2.39 bits per heavy atom. The minimum Gasteiger partial charge on any atom is -0.360 e. The summed E-state index contributed by atoms with van der Waals surface area (Å²) in [7, 11) is -1.60. The van der Waals surface area contributed by atoms with Crippen LogP contribution in [0.1, 0.15) is 25.3 Å². The van der Waals surface area contributed by atoms with Crippen LogP contribution in [-0.4, -0.2) is 27.0 Å². The third-order valence-electron chi connectivity index (χ3n) is 3.57. The Hall–Kier alpha value is -2.08. The topological polar surface area (TPSA) is 62.3 Å². The van der Waals surface area contributed by atoms with Crippen LogP contribution in [0.5, 0.6) is 0 Å². The molecule has 1 aromatic carbocycles. The van der Waals surface area contributed by atoms with Gasteiger partial charge in [0.15, 0.2) is 0 Å². The number of aromatic nitrogens is 1. The van der Waals surface area contributed by atoms with Crippen LogP contribution in [0.2, 0.25) is 0 Å². The molecule has 1 N–H and O–H groups in total. The van der Waals surface area contributed by atoms with Crippen molar-refractivity contribution >= 4 is 21.5 Å². The molecule has 0 spiro atoms. The number of rotatable bonds is 7. The standard InChI is InChI=1S/C17H23N3O2S/c1-4-5-12-20(3)17-11-8-15(13-18-17)19-23(21,22)16-9-6-14(2)7-10-16/h6-11,13,19H,4-5,12H2,1-3H3. The molecular formula is C17H23N3O2S. The Kier molecular flexibility index (Phi) is 5.60. The second-order valence-corrected chi connectivity index (χ2v) is 7.28. The van der Waals surface area contributed by atoms with E-state index in [1.54, 1.807) is 36.5 Å². The lowest BCUT2D eigenvalue weighted by Crippen LogP contribution is -2.19. The number of pyridine rings is 1. The van der Waals surface area contributed by atoms with Gasteiger partial charge in [0, 0.05) is 13.6 Å². The minimum absolute atomic E-state index is 0.243. The fourth-order valence-corrected chi connectivity index (χ4v) is 3.16. The summed E-state index contributed by atoms with van der Waals surface area (Å²) < 4.78 is 27.2. The molecule has 2 aromatic rings. The van der Waals surface area contributed by atoms with Crippen LogP contribution in [0.3, 0.4) is 0 Å². The van der Waals surface area contributed by atoms with Crippen LogP contribution in [-0.2, 0) is 10.0 Å². The Labute approximate surface area is 138 Å². The summed E-state index contributed by atoms with van der Waals surface area (Å²) >= 11 is 0. The number of hydrogen-bond donors (Lipinski definition) is 1. The average Bonchev–Trinajstić information content (AvgIpc) is 2.53. The lowest BCUT2D eigenvalue weighted by Gasteiger charge is -2.18. The summed E-state index contributed by atoms with van der Waals surface area (Å²) in [5.74, 6) is 0.830. The smallest absolute Gasteiger partial charge is 0.261 e. The van der Waals surface area contributed by atoms with Gasteiger partial charge in [-0.2, -0.15) is 0 Å². The van der Waals surface area contributed by atoms with Gasteiger partial charge in [0.05, 0.1) is 16.8 Å². The number of sulfonamides is 1. The molecule has 2 rings (SSSR count). The van der Waals surface area contributed by atoms with Crippen LogP contribution in [0.15, 0.2) is 47.5 Å². The molecule has 1 aromatic heterocycles. The molecule has 0 saturated heterocycles. The van der Waals surface area contributed by atoms with Gasteiger partial charge in [0.2, 0.25) is 0 Å². The summed E-state index contributed by atoms with van der Waals surface area (Å²) in [5, 5.41) is 0. The molecule has 23 heavy (non-hydrogen) atoms. The first kappa shape index (κ1) is 17.3. The second-order valence-electron chi connectivity index (χ2n) is 5.60. The summed E-state index contributed by atoms with van der Waals surface area (Å²) in [5.41, 5.74) is 1.48. The normalized spacial score (nSPS) is 11.3. The average molecular weight is 333 g/mol.